The molecule has 0 radical (unpaired) electrons. The van der Waals surface area contributed by atoms with Crippen molar-refractivity contribution in [2.75, 3.05) is 0 Å². The molecular weight excluding hydrogens is 318 g/mol. The second kappa shape index (κ2) is 6.55. The molecule has 0 fully saturated rings. The standard InChI is InChI=1S/C17H14F2N2OS/c18-14-6-3-7-15(19)13(14)9-23-17-11-5-2-1-4-10(11)12(8-20)16(22)21-17/h3,6-7H,1-2,4-5,9H2,(H,21,22). The quantitative estimate of drug-likeness (QED) is 0.860. The van der Waals surface area contributed by atoms with Crippen LogP contribution < -0.4 is 0 Å². The van der Waals surface area contributed by atoms with Crippen molar-refractivity contribution in [2.24, 2.45) is 0 Å². The zero-order chi connectivity index (χ0) is 16.4. The molecule has 0 atom stereocenters. The maximum absolute atomic E-state index is 13.7. The number of halogens is 2. The fourth-order valence-corrected chi connectivity index (χ4v) is 3.93. The molecule has 1 aliphatic carbocycles. The molecule has 3 nitrogen and oxygen atoms in total. The average molecular weight is 332 g/mol. The lowest BCUT2D eigenvalue weighted by Gasteiger charge is -2.20. The Balaban J connectivity index is 1.95. The summed E-state index contributed by atoms with van der Waals surface area (Å²) in [5.74, 6) is -1.40. The minimum atomic E-state index is -0.593. The first kappa shape index (κ1) is 15.8. The SMILES string of the molecule is N#Cc1c(O)nc(SCc2c(F)cccc2F)c2c1CCCC2. The van der Waals surface area contributed by atoms with E-state index in [-0.39, 0.29) is 22.8 Å². The van der Waals surface area contributed by atoms with Crippen molar-refractivity contribution in [2.45, 2.75) is 36.5 Å². The van der Waals surface area contributed by atoms with Gasteiger partial charge in [0.15, 0.2) is 0 Å². The molecule has 0 spiro atoms. The molecule has 0 aliphatic heterocycles. The van der Waals surface area contributed by atoms with Crippen LogP contribution in [0.15, 0.2) is 23.2 Å². The molecule has 2 aromatic rings. The van der Waals surface area contributed by atoms with E-state index in [1.54, 1.807) is 0 Å². The van der Waals surface area contributed by atoms with E-state index in [2.05, 4.69) is 4.98 Å². The van der Waals surface area contributed by atoms with E-state index in [1.807, 2.05) is 6.07 Å². The monoisotopic (exact) mass is 332 g/mol. The van der Waals surface area contributed by atoms with Gasteiger partial charge in [0.1, 0.15) is 28.3 Å². The maximum Gasteiger partial charge on any atom is 0.230 e. The lowest BCUT2D eigenvalue weighted by molar-refractivity contribution is 0.442. The number of hydrogen-bond donors (Lipinski definition) is 1. The summed E-state index contributed by atoms with van der Waals surface area (Å²) in [6, 6.07) is 5.77. The highest BCUT2D eigenvalue weighted by atomic mass is 32.2. The van der Waals surface area contributed by atoms with Gasteiger partial charge in [-0.2, -0.15) is 5.26 Å². The predicted octanol–water partition coefficient (Wildman–Crippen LogP) is 4.11. The third kappa shape index (κ3) is 3.02. The van der Waals surface area contributed by atoms with Gasteiger partial charge in [0.25, 0.3) is 0 Å². The van der Waals surface area contributed by atoms with Gasteiger partial charge in [-0.15, -0.1) is 11.8 Å². The van der Waals surface area contributed by atoms with E-state index < -0.39 is 11.6 Å². The Morgan fingerprint density at radius 3 is 2.48 bits per heavy atom. The Hall–Kier alpha value is -2.13. The van der Waals surface area contributed by atoms with Crippen molar-refractivity contribution in [1.29, 1.82) is 5.26 Å². The molecular formula is C17H14F2N2OS. The Kier molecular flexibility index (Phi) is 4.49. The van der Waals surface area contributed by atoms with Crippen LogP contribution in [0, 0.1) is 23.0 Å². The molecule has 0 saturated heterocycles. The van der Waals surface area contributed by atoms with Crippen LogP contribution in [0.3, 0.4) is 0 Å². The summed E-state index contributed by atoms with van der Waals surface area (Å²) in [6.45, 7) is 0. The van der Waals surface area contributed by atoms with Crippen LogP contribution in [0.2, 0.25) is 0 Å². The van der Waals surface area contributed by atoms with Crippen molar-refractivity contribution < 1.29 is 13.9 Å². The van der Waals surface area contributed by atoms with Gasteiger partial charge in [-0.25, -0.2) is 13.8 Å². The van der Waals surface area contributed by atoms with Gasteiger partial charge >= 0.3 is 0 Å². The van der Waals surface area contributed by atoms with E-state index in [1.165, 1.54) is 30.0 Å². The van der Waals surface area contributed by atoms with Crippen molar-refractivity contribution in [3.05, 3.63) is 52.1 Å². The van der Waals surface area contributed by atoms with Crippen LogP contribution in [-0.4, -0.2) is 10.1 Å². The van der Waals surface area contributed by atoms with Crippen molar-refractivity contribution >= 4 is 11.8 Å². The molecule has 118 valence electrons. The van der Waals surface area contributed by atoms with E-state index in [0.717, 1.165) is 36.8 Å². The van der Waals surface area contributed by atoms with Crippen LogP contribution in [-0.2, 0) is 18.6 Å². The summed E-state index contributed by atoms with van der Waals surface area (Å²) in [7, 11) is 0. The molecule has 0 amide bonds. The summed E-state index contributed by atoms with van der Waals surface area (Å²) in [5.41, 5.74) is 1.96. The highest BCUT2D eigenvalue weighted by molar-refractivity contribution is 7.98. The second-order valence-corrected chi connectivity index (χ2v) is 6.34. The van der Waals surface area contributed by atoms with Crippen LogP contribution in [0.1, 0.15) is 35.1 Å². The molecule has 0 saturated carbocycles. The van der Waals surface area contributed by atoms with Crippen molar-refractivity contribution in [1.82, 2.24) is 4.98 Å². The number of benzene rings is 1. The number of pyridine rings is 1. The van der Waals surface area contributed by atoms with Gasteiger partial charge in [0.2, 0.25) is 5.88 Å². The van der Waals surface area contributed by atoms with Gasteiger partial charge in [-0.3, -0.25) is 0 Å². The third-order valence-corrected chi connectivity index (χ3v) is 5.03. The van der Waals surface area contributed by atoms with E-state index in [0.29, 0.717) is 5.03 Å². The highest BCUT2D eigenvalue weighted by Gasteiger charge is 2.22. The van der Waals surface area contributed by atoms with Crippen LogP contribution in [0.5, 0.6) is 5.88 Å². The molecule has 1 N–H and O–H groups in total. The summed E-state index contributed by atoms with van der Waals surface area (Å²) in [4.78, 5) is 4.08. The average Bonchev–Trinajstić information content (AvgIpc) is 2.54. The number of hydrogen-bond acceptors (Lipinski definition) is 4. The van der Waals surface area contributed by atoms with E-state index in [4.69, 9.17) is 0 Å². The van der Waals surface area contributed by atoms with E-state index in [9.17, 15) is 19.1 Å². The van der Waals surface area contributed by atoms with Gasteiger partial charge in [-0.05, 0) is 48.9 Å². The Labute approximate surface area is 137 Å². The van der Waals surface area contributed by atoms with Crippen molar-refractivity contribution in [3.8, 4) is 11.9 Å². The fraction of sp³-hybridized carbons (Fsp3) is 0.294. The second-order valence-electron chi connectivity index (χ2n) is 5.38. The molecule has 1 aliphatic rings. The van der Waals surface area contributed by atoms with Crippen LogP contribution in [0.25, 0.3) is 0 Å². The zero-order valence-corrected chi connectivity index (χ0v) is 13.1. The first-order valence-electron chi connectivity index (χ1n) is 7.32. The lowest BCUT2D eigenvalue weighted by atomic mass is 9.90. The normalized spacial score (nSPS) is 13.4. The topological polar surface area (TPSA) is 56.9 Å². The zero-order valence-electron chi connectivity index (χ0n) is 12.3. The van der Waals surface area contributed by atoms with Crippen molar-refractivity contribution in [3.63, 3.8) is 0 Å². The third-order valence-electron chi connectivity index (χ3n) is 3.99. The Morgan fingerprint density at radius 1 is 1.17 bits per heavy atom. The number of rotatable bonds is 3. The Morgan fingerprint density at radius 2 is 1.83 bits per heavy atom. The molecule has 0 bridgehead atoms. The number of aromatic nitrogens is 1. The first-order valence-corrected chi connectivity index (χ1v) is 8.31. The molecule has 3 rings (SSSR count). The molecule has 0 unspecified atom stereocenters. The van der Waals surface area contributed by atoms with Gasteiger partial charge in [-0.1, -0.05) is 6.07 Å². The number of nitrogens with zero attached hydrogens (tertiary/aromatic N) is 2. The van der Waals surface area contributed by atoms with Crippen LogP contribution >= 0.6 is 11.8 Å². The minimum absolute atomic E-state index is 0.00675. The number of thioether (sulfide) groups is 1. The smallest absolute Gasteiger partial charge is 0.230 e. The summed E-state index contributed by atoms with van der Waals surface area (Å²) >= 11 is 1.19. The summed E-state index contributed by atoms with van der Waals surface area (Å²) in [6.07, 6.45) is 3.42. The lowest BCUT2D eigenvalue weighted by Crippen LogP contribution is -2.09. The number of nitriles is 1. The van der Waals surface area contributed by atoms with E-state index >= 15 is 0 Å². The van der Waals surface area contributed by atoms with Gasteiger partial charge < -0.3 is 5.11 Å². The highest BCUT2D eigenvalue weighted by Crippen LogP contribution is 2.36. The number of fused-ring (bicyclic) bond motifs is 1. The molecule has 1 aromatic heterocycles. The summed E-state index contributed by atoms with van der Waals surface area (Å²) in [5, 5.41) is 19.7. The summed E-state index contributed by atoms with van der Waals surface area (Å²) < 4.78 is 27.4. The molecule has 1 heterocycles. The maximum atomic E-state index is 13.7. The first-order chi connectivity index (χ1) is 11.1. The Bertz CT molecular complexity index is 782. The molecule has 1 aromatic carbocycles. The van der Waals surface area contributed by atoms with Gasteiger partial charge in [0, 0.05) is 11.3 Å². The van der Waals surface area contributed by atoms with Crippen LogP contribution in [0.4, 0.5) is 8.78 Å². The molecule has 6 heteroatoms. The number of aromatic hydroxyl groups is 1. The fourth-order valence-electron chi connectivity index (χ4n) is 2.82. The predicted molar refractivity (Wildman–Crippen MR) is 83.2 cm³/mol. The van der Waals surface area contributed by atoms with Gasteiger partial charge in [0.05, 0.1) is 0 Å². The molecule has 23 heavy (non-hydrogen) atoms. The minimum Gasteiger partial charge on any atom is -0.492 e. The largest absolute Gasteiger partial charge is 0.492 e.